The van der Waals surface area contributed by atoms with Crippen LogP contribution in [0.2, 0.25) is 0 Å². The van der Waals surface area contributed by atoms with Crippen molar-refractivity contribution >= 4 is 51.6 Å². The molecule has 2 heterocycles. The molecule has 1 amide bonds. The van der Waals surface area contributed by atoms with Crippen LogP contribution in [0.3, 0.4) is 0 Å². The number of carbonyl (C=O) groups excluding carboxylic acids is 1. The molecule has 1 aromatic rings. The van der Waals surface area contributed by atoms with Crippen LogP contribution in [-0.4, -0.2) is 15.2 Å². The van der Waals surface area contributed by atoms with Crippen molar-refractivity contribution in [3.63, 3.8) is 0 Å². The van der Waals surface area contributed by atoms with E-state index in [0.717, 1.165) is 10.6 Å². The van der Waals surface area contributed by atoms with E-state index in [0.29, 0.717) is 9.23 Å². The SMILES string of the molecule is NN1C(=O)/C(=C\c2ccsc2)SC1=S. The van der Waals surface area contributed by atoms with Crippen LogP contribution in [0.25, 0.3) is 6.08 Å². The maximum absolute atomic E-state index is 11.5. The van der Waals surface area contributed by atoms with E-state index in [1.807, 2.05) is 16.8 Å². The molecule has 2 rings (SSSR count). The van der Waals surface area contributed by atoms with Crippen molar-refractivity contribution in [1.29, 1.82) is 0 Å². The molecular weight excluding hydrogens is 236 g/mol. The highest BCUT2D eigenvalue weighted by molar-refractivity contribution is 8.26. The van der Waals surface area contributed by atoms with E-state index in [1.165, 1.54) is 11.8 Å². The van der Waals surface area contributed by atoms with Gasteiger partial charge in [0.1, 0.15) is 0 Å². The van der Waals surface area contributed by atoms with Gasteiger partial charge in [0.2, 0.25) is 0 Å². The summed E-state index contributed by atoms with van der Waals surface area (Å²) >= 11 is 7.71. The van der Waals surface area contributed by atoms with E-state index in [9.17, 15) is 4.79 Å². The first kappa shape index (κ1) is 9.85. The molecule has 14 heavy (non-hydrogen) atoms. The summed E-state index contributed by atoms with van der Waals surface area (Å²) in [5.41, 5.74) is 1.00. The Morgan fingerprint density at radius 1 is 1.57 bits per heavy atom. The zero-order valence-electron chi connectivity index (χ0n) is 6.97. The van der Waals surface area contributed by atoms with Crippen molar-refractivity contribution < 1.29 is 4.79 Å². The molecule has 0 aromatic carbocycles. The van der Waals surface area contributed by atoms with Crippen LogP contribution in [0.4, 0.5) is 0 Å². The number of thiocarbonyl (C=S) groups is 1. The van der Waals surface area contributed by atoms with Gasteiger partial charge in [0.25, 0.3) is 5.91 Å². The molecule has 3 nitrogen and oxygen atoms in total. The van der Waals surface area contributed by atoms with Gasteiger partial charge < -0.3 is 0 Å². The van der Waals surface area contributed by atoms with Crippen LogP contribution >= 0.6 is 35.3 Å². The highest BCUT2D eigenvalue weighted by atomic mass is 32.2. The largest absolute Gasteiger partial charge is 0.280 e. The quantitative estimate of drug-likeness (QED) is 0.353. The standard InChI is InChI=1S/C8H6N2OS3/c9-10-7(11)6(14-8(10)12)3-5-1-2-13-4-5/h1-4H,9H2/b6-3+. The number of thioether (sulfide) groups is 1. The monoisotopic (exact) mass is 242 g/mol. The van der Waals surface area contributed by atoms with Gasteiger partial charge in [-0.1, -0.05) is 24.0 Å². The van der Waals surface area contributed by atoms with E-state index >= 15 is 0 Å². The number of carbonyl (C=O) groups is 1. The van der Waals surface area contributed by atoms with Crippen LogP contribution in [0, 0.1) is 0 Å². The predicted molar refractivity (Wildman–Crippen MR) is 63.5 cm³/mol. The van der Waals surface area contributed by atoms with Crippen LogP contribution in [0.5, 0.6) is 0 Å². The number of hydrogen-bond donors (Lipinski definition) is 1. The molecule has 0 aliphatic carbocycles. The Morgan fingerprint density at radius 3 is 2.86 bits per heavy atom. The number of amides is 1. The van der Waals surface area contributed by atoms with Gasteiger partial charge in [0.05, 0.1) is 4.91 Å². The fourth-order valence-electron chi connectivity index (χ4n) is 0.988. The zero-order chi connectivity index (χ0) is 10.1. The number of nitrogens with two attached hydrogens (primary N) is 1. The molecule has 1 saturated heterocycles. The molecule has 0 saturated carbocycles. The third-order valence-corrected chi connectivity index (χ3v) is 3.70. The van der Waals surface area contributed by atoms with Crippen LogP contribution < -0.4 is 5.84 Å². The number of hydrogen-bond acceptors (Lipinski definition) is 5. The first-order valence-electron chi connectivity index (χ1n) is 3.73. The molecule has 1 aliphatic heterocycles. The van der Waals surface area contributed by atoms with E-state index < -0.39 is 0 Å². The molecule has 0 radical (unpaired) electrons. The maximum Gasteiger partial charge on any atom is 0.280 e. The van der Waals surface area contributed by atoms with E-state index in [1.54, 1.807) is 17.4 Å². The topological polar surface area (TPSA) is 46.3 Å². The van der Waals surface area contributed by atoms with Crippen molar-refractivity contribution in [3.05, 3.63) is 27.3 Å². The summed E-state index contributed by atoms with van der Waals surface area (Å²) in [6, 6.07) is 1.94. The van der Waals surface area contributed by atoms with Gasteiger partial charge in [0, 0.05) is 0 Å². The van der Waals surface area contributed by atoms with Crippen molar-refractivity contribution in [2.75, 3.05) is 0 Å². The smallest absolute Gasteiger partial charge is 0.267 e. The summed E-state index contributed by atoms with van der Waals surface area (Å²) in [6.07, 6.45) is 1.79. The average Bonchev–Trinajstić information content (AvgIpc) is 2.73. The first-order chi connectivity index (χ1) is 6.68. The first-order valence-corrected chi connectivity index (χ1v) is 5.90. The van der Waals surface area contributed by atoms with Crippen LogP contribution in [0.1, 0.15) is 5.56 Å². The summed E-state index contributed by atoms with van der Waals surface area (Å²) in [6.45, 7) is 0. The number of hydrazine groups is 1. The minimum absolute atomic E-state index is 0.230. The molecule has 1 aliphatic rings. The Hall–Kier alpha value is -0.690. The third-order valence-electron chi connectivity index (χ3n) is 1.66. The van der Waals surface area contributed by atoms with E-state index in [2.05, 4.69) is 0 Å². The molecule has 1 fully saturated rings. The van der Waals surface area contributed by atoms with Crippen molar-refractivity contribution in [2.45, 2.75) is 0 Å². The second-order valence-electron chi connectivity index (χ2n) is 2.61. The number of nitrogens with zero attached hydrogens (tertiary/aromatic N) is 1. The molecule has 0 bridgehead atoms. The lowest BCUT2D eigenvalue weighted by molar-refractivity contribution is -0.122. The van der Waals surface area contributed by atoms with Gasteiger partial charge in [-0.15, -0.1) is 0 Å². The summed E-state index contributed by atoms with van der Waals surface area (Å²) in [5.74, 6) is 5.19. The van der Waals surface area contributed by atoms with Crippen molar-refractivity contribution in [1.82, 2.24) is 5.01 Å². The van der Waals surface area contributed by atoms with Gasteiger partial charge in [0.15, 0.2) is 4.32 Å². The van der Waals surface area contributed by atoms with Gasteiger partial charge in [-0.05, 0) is 28.5 Å². The van der Waals surface area contributed by atoms with Gasteiger partial charge in [-0.25, -0.2) is 10.9 Å². The van der Waals surface area contributed by atoms with Gasteiger partial charge in [-0.3, -0.25) is 4.79 Å². The van der Waals surface area contributed by atoms with Crippen molar-refractivity contribution in [3.8, 4) is 0 Å². The van der Waals surface area contributed by atoms with E-state index in [4.69, 9.17) is 18.1 Å². The molecule has 72 valence electrons. The summed E-state index contributed by atoms with van der Waals surface area (Å²) in [5, 5.41) is 4.91. The lowest BCUT2D eigenvalue weighted by atomic mass is 10.3. The lowest BCUT2D eigenvalue weighted by Crippen LogP contribution is -2.34. The third kappa shape index (κ3) is 1.74. The van der Waals surface area contributed by atoms with E-state index in [-0.39, 0.29) is 5.91 Å². The minimum Gasteiger partial charge on any atom is -0.267 e. The maximum atomic E-state index is 11.5. The Bertz CT molecular complexity index is 410. The minimum atomic E-state index is -0.230. The molecule has 0 spiro atoms. The number of thiophene rings is 1. The molecular formula is C8H6N2OS3. The van der Waals surface area contributed by atoms with Gasteiger partial charge in [-0.2, -0.15) is 11.3 Å². The second kappa shape index (κ2) is 3.82. The molecule has 0 atom stereocenters. The van der Waals surface area contributed by atoms with Crippen LogP contribution in [-0.2, 0) is 4.79 Å². The number of rotatable bonds is 1. The molecule has 0 unspecified atom stereocenters. The lowest BCUT2D eigenvalue weighted by Gasteiger charge is -2.02. The molecule has 2 N–H and O–H groups in total. The molecule has 6 heteroatoms. The Kier molecular flexibility index (Phi) is 2.69. The normalized spacial score (nSPS) is 19.8. The van der Waals surface area contributed by atoms with Crippen LogP contribution in [0.15, 0.2) is 21.7 Å². The highest BCUT2D eigenvalue weighted by Crippen LogP contribution is 2.30. The fraction of sp³-hybridized carbons (Fsp3) is 0. The highest BCUT2D eigenvalue weighted by Gasteiger charge is 2.29. The average molecular weight is 242 g/mol. The zero-order valence-corrected chi connectivity index (χ0v) is 9.42. The second-order valence-corrected chi connectivity index (χ2v) is 5.06. The Morgan fingerprint density at radius 2 is 2.36 bits per heavy atom. The predicted octanol–water partition coefficient (Wildman–Crippen LogP) is 1.82. The summed E-state index contributed by atoms with van der Waals surface area (Å²) < 4.78 is 0.400. The van der Waals surface area contributed by atoms with Crippen molar-refractivity contribution in [2.24, 2.45) is 5.84 Å². The fourth-order valence-corrected chi connectivity index (χ4v) is 2.71. The summed E-state index contributed by atoms with van der Waals surface area (Å²) in [7, 11) is 0. The molecule has 1 aromatic heterocycles. The Balaban J connectivity index is 2.29. The van der Waals surface area contributed by atoms with Gasteiger partial charge >= 0.3 is 0 Å². The Labute approximate surface area is 94.5 Å². The summed E-state index contributed by atoms with van der Waals surface area (Å²) in [4.78, 5) is 12.0.